The summed E-state index contributed by atoms with van der Waals surface area (Å²) >= 11 is 1.15. The number of amides is 1. The van der Waals surface area contributed by atoms with Crippen molar-refractivity contribution in [3.8, 4) is 17.3 Å². The van der Waals surface area contributed by atoms with Crippen molar-refractivity contribution in [2.45, 2.75) is 11.7 Å². The number of allylic oxidation sites excluding steroid dienone is 1. The Morgan fingerprint density at radius 1 is 1.25 bits per heavy atom. The molecule has 2 aromatic carbocycles. The molecule has 0 unspecified atom stereocenters. The molecule has 4 aromatic rings. The van der Waals surface area contributed by atoms with Crippen LogP contribution in [-0.2, 0) is 11.3 Å². The Morgan fingerprint density at radius 2 is 2.09 bits per heavy atom. The normalized spacial score (nSPS) is 11.0. The predicted octanol–water partition coefficient (Wildman–Crippen LogP) is 4.89. The second-order valence-electron chi connectivity index (χ2n) is 6.66. The Balaban J connectivity index is 1.53. The molecule has 1 amide bonds. The number of para-hydroxylation sites is 1. The maximum absolute atomic E-state index is 13.3. The van der Waals surface area contributed by atoms with Crippen molar-refractivity contribution in [3.05, 3.63) is 66.8 Å². The molecule has 0 aliphatic carbocycles. The molecule has 0 bridgehead atoms. The third-order valence-corrected chi connectivity index (χ3v) is 5.48. The average molecular weight is 456 g/mol. The van der Waals surface area contributed by atoms with E-state index in [0.717, 1.165) is 29.3 Å². The van der Waals surface area contributed by atoms with E-state index >= 15 is 0 Å². The van der Waals surface area contributed by atoms with E-state index in [1.54, 1.807) is 23.8 Å². The van der Waals surface area contributed by atoms with Gasteiger partial charge < -0.3 is 14.5 Å². The maximum Gasteiger partial charge on any atom is 0.234 e. The number of thioether (sulfide) groups is 1. The fraction of sp³-hybridized carbons (Fsp3) is 0.136. The minimum absolute atomic E-state index is 0.0117. The molecular formula is C22H18F2N4O3S. The van der Waals surface area contributed by atoms with Crippen molar-refractivity contribution in [3.63, 3.8) is 0 Å². The van der Waals surface area contributed by atoms with Gasteiger partial charge in [0, 0.05) is 23.7 Å². The Kier molecular flexibility index (Phi) is 6.22. The summed E-state index contributed by atoms with van der Waals surface area (Å²) in [5.41, 5.74) is 0.761. The topological polar surface area (TPSA) is 82.2 Å². The number of aromatic nitrogens is 3. The molecule has 4 rings (SSSR count). The minimum atomic E-state index is -1.03. The van der Waals surface area contributed by atoms with E-state index in [4.69, 9.17) is 9.15 Å². The summed E-state index contributed by atoms with van der Waals surface area (Å²) < 4.78 is 39.4. The molecule has 0 saturated heterocycles. The molecule has 0 atom stereocenters. The van der Waals surface area contributed by atoms with E-state index < -0.39 is 17.5 Å². The molecule has 164 valence electrons. The molecule has 0 fully saturated rings. The van der Waals surface area contributed by atoms with Gasteiger partial charge in [0.15, 0.2) is 33.9 Å². The number of hydrogen-bond donors (Lipinski definition) is 1. The van der Waals surface area contributed by atoms with Crippen molar-refractivity contribution in [2.75, 3.05) is 18.2 Å². The van der Waals surface area contributed by atoms with Gasteiger partial charge in [-0.3, -0.25) is 9.36 Å². The summed E-state index contributed by atoms with van der Waals surface area (Å²) in [5.74, 6) is -0.846. The molecule has 0 saturated carbocycles. The van der Waals surface area contributed by atoms with E-state index in [2.05, 4.69) is 22.1 Å². The number of furan rings is 1. The second-order valence-corrected chi connectivity index (χ2v) is 7.60. The molecule has 2 heterocycles. The van der Waals surface area contributed by atoms with Crippen LogP contribution in [0.1, 0.15) is 0 Å². The first-order chi connectivity index (χ1) is 15.5. The number of halogens is 2. The first-order valence-corrected chi connectivity index (χ1v) is 10.5. The van der Waals surface area contributed by atoms with E-state index in [1.807, 2.05) is 18.2 Å². The third-order valence-electron chi connectivity index (χ3n) is 4.51. The van der Waals surface area contributed by atoms with Gasteiger partial charge in [0.05, 0.1) is 12.9 Å². The number of anilines is 1. The molecule has 0 aliphatic rings. The van der Waals surface area contributed by atoms with Gasteiger partial charge in [-0.1, -0.05) is 30.0 Å². The largest absolute Gasteiger partial charge is 0.493 e. The first kappa shape index (κ1) is 21.6. The molecule has 10 heteroatoms. The van der Waals surface area contributed by atoms with Crippen LogP contribution >= 0.6 is 11.8 Å². The van der Waals surface area contributed by atoms with Gasteiger partial charge in [-0.2, -0.15) is 0 Å². The Hall–Kier alpha value is -3.66. The van der Waals surface area contributed by atoms with Crippen molar-refractivity contribution in [1.29, 1.82) is 0 Å². The van der Waals surface area contributed by atoms with E-state index in [0.29, 0.717) is 34.6 Å². The second kappa shape index (κ2) is 9.23. The minimum Gasteiger partial charge on any atom is -0.493 e. The zero-order valence-electron chi connectivity index (χ0n) is 17.0. The lowest BCUT2D eigenvalue weighted by atomic mass is 10.2. The molecule has 32 heavy (non-hydrogen) atoms. The molecule has 1 N–H and O–H groups in total. The Bertz CT molecular complexity index is 1300. The number of nitrogens with zero attached hydrogens (tertiary/aromatic N) is 3. The van der Waals surface area contributed by atoms with Gasteiger partial charge in [-0.25, -0.2) is 8.78 Å². The molecule has 0 aliphatic heterocycles. The highest BCUT2D eigenvalue weighted by Gasteiger charge is 2.19. The van der Waals surface area contributed by atoms with Crippen molar-refractivity contribution in [2.24, 2.45) is 0 Å². The highest BCUT2D eigenvalue weighted by atomic mass is 32.2. The first-order valence-electron chi connectivity index (χ1n) is 9.49. The van der Waals surface area contributed by atoms with Crippen LogP contribution in [0.25, 0.3) is 22.6 Å². The smallest absolute Gasteiger partial charge is 0.234 e. The average Bonchev–Trinajstić information content (AvgIpc) is 3.39. The van der Waals surface area contributed by atoms with Gasteiger partial charge in [0.1, 0.15) is 0 Å². The Labute approximate surface area is 186 Å². The fourth-order valence-corrected chi connectivity index (χ4v) is 3.83. The van der Waals surface area contributed by atoms with Crippen LogP contribution in [0.15, 0.2) is 64.7 Å². The molecule has 0 radical (unpaired) electrons. The summed E-state index contributed by atoms with van der Waals surface area (Å²) in [6.07, 6.45) is 1.68. The van der Waals surface area contributed by atoms with Crippen LogP contribution in [0.5, 0.6) is 5.75 Å². The standard InChI is InChI=1S/C22H18F2N4O3S/c1-3-9-28-21(18-10-13-5-4-6-17(30-2)20(13)31-18)26-27-22(28)32-12-19(29)25-14-7-8-15(23)16(24)11-14/h3-8,10-11H,1,9,12H2,2H3,(H,25,29). The SMILES string of the molecule is C=CCn1c(SCC(=O)Nc2ccc(F)c(F)c2)nnc1-c1cc2cccc(OC)c2o1. The van der Waals surface area contributed by atoms with Gasteiger partial charge in [0.2, 0.25) is 11.7 Å². The van der Waals surface area contributed by atoms with Crippen LogP contribution in [0.2, 0.25) is 0 Å². The van der Waals surface area contributed by atoms with Crippen LogP contribution in [0.4, 0.5) is 14.5 Å². The zero-order valence-corrected chi connectivity index (χ0v) is 17.8. The molecule has 7 nitrogen and oxygen atoms in total. The van der Waals surface area contributed by atoms with Crippen molar-refractivity contribution < 1.29 is 22.7 Å². The maximum atomic E-state index is 13.3. The van der Waals surface area contributed by atoms with Gasteiger partial charge >= 0.3 is 0 Å². The monoisotopic (exact) mass is 456 g/mol. The summed E-state index contributed by atoms with van der Waals surface area (Å²) in [6, 6.07) is 10.6. The summed E-state index contributed by atoms with van der Waals surface area (Å²) in [7, 11) is 1.57. The van der Waals surface area contributed by atoms with Crippen molar-refractivity contribution in [1.82, 2.24) is 14.8 Å². The number of hydrogen-bond acceptors (Lipinski definition) is 6. The zero-order chi connectivity index (χ0) is 22.7. The number of ether oxygens (including phenoxy) is 1. The van der Waals surface area contributed by atoms with Gasteiger partial charge in [0.25, 0.3) is 0 Å². The third kappa shape index (κ3) is 4.35. The van der Waals surface area contributed by atoms with Crippen LogP contribution in [-0.4, -0.2) is 33.5 Å². The summed E-state index contributed by atoms with van der Waals surface area (Å²) in [4.78, 5) is 12.3. The number of carbonyl (C=O) groups excluding carboxylic acids is 1. The Morgan fingerprint density at radius 3 is 2.84 bits per heavy atom. The van der Waals surface area contributed by atoms with E-state index in [9.17, 15) is 13.6 Å². The number of rotatable bonds is 8. The quantitative estimate of drug-likeness (QED) is 0.300. The number of benzene rings is 2. The molecule has 0 spiro atoms. The number of nitrogens with one attached hydrogen (secondary N) is 1. The fourth-order valence-electron chi connectivity index (χ4n) is 3.08. The van der Waals surface area contributed by atoms with Gasteiger partial charge in [-0.15, -0.1) is 16.8 Å². The highest BCUT2D eigenvalue weighted by Crippen LogP contribution is 2.33. The lowest BCUT2D eigenvalue weighted by Crippen LogP contribution is -2.15. The van der Waals surface area contributed by atoms with Gasteiger partial charge in [-0.05, 0) is 24.3 Å². The van der Waals surface area contributed by atoms with E-state index in [1.165, 1.54) is 6.07 Å². The number of carbonyl (C=O) groups is 1. The highest BCUT2D eigenvalue weighted by molar-refractivity contribution is 7.99. The van der Waals surface area contributed by atoms with Crippen LogP contribution < -0.4 is 10.1 Å². The molecule has 2 aromatic heterocycles. The number of fused-ring (bicyclic) bond motifs is 1. The van der Waals surface area contributed by atoms with E-state index in [-0.39, 0.29) is 11.4 Å². The predicted molar refractivity (Wildman–Crippen MR) is 118 cm³/mol. The lowest BCUT2D eigenvalue weighted by molar-refractivity contribution is -0.113. The molecular weight excluding hydrogens is 438 g/mol. The summed E-state index contributed by atoms with van der Waals surface area (Å²) in [5, 5.41) is 12.3. The van der Waals surface area contributed by atoms with Crippen LogP contribution in [0, 0.1) is 11.6 Å². The summed E-state index contributed by atoms with van der Waals surface area (Å²) in [6.45, 7) is 4.16. The lowest BCUT2D eigenvalue weighted by Gasteiger charge is -2.07. The number of methoxy groups -OCH3 is 1. The van der Waals surface area contributed by atoms with Crippen LogP contribution in [0.3, 0.4) is 0 Å². The van der Waals surface area contributed by atoms with Crippen molar-refractivity contribution >= 4 is 34.3 Å².